The summed E-state index contributed by atoms with van der Waals surface area (Å²) < 4.78 is 11.4. The number of nitrogens with zero attached hydrogens (tertiary/aromatic N) is 1. The van der Waals surface area contributed by atoms with Crippen molar-refractivity contribution in [3.05, 3.63) is 148 Å². The monoisotopic (exact) mass is 640 g/mol. The van der Waals surface area contributed by atoms with Gasteiger partial charge in [0.05, 0.1) is 35.1 Å². The number of carbonyl (C=O) groups excluding carboxylic acids is 3. The lowest BCUT2D eigenvalue weighted by Gasteiger charge is -2.26. The van der Waals surface area contributed by atoms with Crippen molar-refractivity contribution in [3.8, 4) is 17.2 Å². The lowest BCUT2D eigenvalue weighted by Crippen LogP contribution is -2.29. The number of aromatic carboxylic acids is 1. The standard InChI is InChI=1S/C39H32N2O7/c1-23-5-19-32(38(45)46)33(21-23)35(42)40-26-10-12-27(13-11-26)41-36(43)31-20-18-30(22-34(31)37(41)44)48-29-16-8-25(9-17-29)39(2,3)24-6-14-28(47-4)15-7-24/h5-22H,1-4H3,(H,40,42)(H,45,46). The summed E-state index contributed by atoms with van der Waals surface area (Å²) in [7, 11) is 1.64. The topological polar surface area (TPSA) is 122 Å². The second-order valence-corrected chi connectivity index (χ2v) is 12.0. The smallest absolute Gasteiger partial charge is 0.336 e. The van der Waals surface area contributed by atoms with E-state index in [2.05, 4.69) is 19.2 Å². The van der Waals surface area contributed by atoms with Crippen molar-refractivity contribution in [2.75, 3.05) is 17.3 Å². The van der Waals surface area contributed by atoms with E-state index in [0.29, 0.717) is 22.9 Å². The van der Waals surface area contributed by atoms with Crippen molar-refractivity contribution in [2.45, 2.75) is 26.2 Å². The average molecular weight is 641 g/mol. The van der Waals surface area contributed by atoms with Crippen LogP contribution in [0, 0.1) is 6.92 Å². The first kappa shape index (κ1) is 31.7. The quantitative estimate of drug-likeness (QED) is 0.157. The molecule has 6 rings (SSSR count). The van der Waals surface area contributed by atoms with Gasteiger partial charge >= 0.3 is 5.97 Å². The summed E-state index contributed by atoms with van der Waals surface area (Å²) in [6.45, 7) is 6.05. The molecule has 0 unspecified atom stereocenters. The Morgan fingerprint density at radius 1 is 0.688 bits per heavy atom. The molecule has 5 aromatic carbocycles. The fourth-order valence-corrected chi connectivity index (χ4v) is 5.69. The number of aryl methyl sites for hydroxylation is 1. The van der Waals surface area contributed by atoms with Crippen molar-refractivity contribution >= 4 is 35.1 Å². The summed E-state index contributed by atoms with van der Waals surface area (Å²) in [5.74, 6) is -0.989. The van der Waals surface area contributed by atoms with Crippen molar-refractivity contribution in [2.24, 2.45) is 0 Å². The Labute approximate surface area is 277 Å². The number of amides is 3. The number of rotatable bonds is 9. The molecule has 0 bridgehead atoms. The largest absolute Gasteiger partial charge is 0.497 e. The van der Waals surface area contributed by atoms with Gasteiger partial charge in [0.15, 0.2) is 0 Å². The Kier molecular flexibility index (Phi) is 8.28. The van der Waals surface area contributed by atoms with Gasteiger partial charge < -0.3 is 19.9 Å². The van der Waals surface area contributed by atoms with Crippen molar-refractivity contribution in [1.82, 2.24) is 0 Å². The Balaban J connectivity index is 1.15. The molecule has 240 valence electrons. The molecule has 0 spiro atoms. The van der Waals surface area contributed by atoms with E-state index in [1.54, 1.807) is 50.4 Å². The van der Waals surface area contributed by atoms with Gasteiger partial charge in [0.1, 0.15) is 17.2 Å². The van der Waals surface area contributed by atoms with Gasteiger partial charge in [0.25, 0.3) is 17.7 Å². The number of nitrogens with one attached hydrogen (secondary N) is 1. The number of methoxy groups -OCH3 is 1. The summed E-state index contributed by atoms with van der Waals surface area (Å²) in [4.78, 5) is 52.3. The minimum atomic E-state index is -1.21. The molecule has 0 saturated carbocycles. The van der Waals surface area contributed by atoms with E-state index in [9.17, 15) is 24.3 Å². The number of carbonyl (C=O) groups is 4. The molecular formula is C39H32N2O7. The van der Waals surface area contributed by atoms with Crippen LogP contribution in [0.15, 0.2) is 109 Å². The van der Waals surface area contributed by atoms with Crippen LogP contribution in [0.4, 0.5) is 11.4 Å². The first-order valence-electron chi connectivity index (χ1n) is 15.2. The van der Waals surface area contributed by atoms with Crippen LogP contribution in [0.5, 0.6) is 17.2 Å². The summed E-state index contributed by atoms with van der Waals surface area (Å²) >= 11 is 0. The van der Waals surface area contributed by atoms with Crippen LogP contribution in [0.2, 0.25) is 0 Å². The zero-order valence-corrected chi connectivity index (χ0v) is 26.7. The Hall–Kier alpha value is -6.22. The molecule has 0 atom stereocenters. The van der Waals surface area contributed by atoms with E-state index < -0.39 is 23.7 Å². The third kappa shape index (κ3) is 6.01. The Bertz CT molecular complexity index is 2070. The van der Waals surface area contributed by atoms with Gasteiger partial charge in [-0.05, 0) is 96.9 Å². The van der Waals surface area contributed by atoms with Crippen molar-refractivity contribution < 1.29 is 33.8 Å². The lowest BCUT2D eigenvalue weighted by molar-refractivity contribution is 0.0692. The molecule has 48 heavy (non-hydrogen) atoms. The molecule has 9 heteroatoms. The number of carboxylic acids is 1. The number of fused-ring (bicyclic) bond motifs is 1. The maximum absolute atomic E-state index is 13.4. The predicted molar refractivity (Wildman–Crippen MR) is 182 cm³/mol. The molecule has 0 saturated heterocycles. The molecule has 0 radical (unpaired) electrons. The van der Waals surface area contributed by atoms with Crippen molar-refractivity contribution in [1.29, 1.82) is 0 Å². The summed E-state index contributed by atoms with van der Waals surface area (Å²) in [5.41, 5.74) is 3.77. The minimum absolute atomic E-state index is 0.0262. The van der Waals surface area contributed by atoms with Crippen LogP contribution in [0.25, 0.3) is 0 Å². The van der Waals surface area contributed by atoms with Crippen LogP contribution in [-0.2, 0) is 5.41 Å². The molecule has 1 aliphatic heterocycles. The summed E-state index contributed by atoms with van der Waals surface area (Å²) in [6.07, 6.45) is 0. The average Bonchev–Trinajstić information content (AvgIpc) is 3.33. The Morgan fingerprint density at radius 3 is 1.88 bits per heavy atom. The molecule has 1 aliphatic rings. The summed E-state index contributed by atoms with van der Waals surface area (Å²) in [5, 5.41) is 12.2. The molecular weight excluding hydrogens is 608 g/mol. The number of benzene rings is 5. The number of ether oxygens (including phenoxy) is 2. The van der Waals surface area contributed by atoms with Gasteiger partial charge in [-0.3, -0.25) is 14.4 Å². The van der Waals surface area contributed by atoms with Crippen LogP contribution < -0.4 is 19.7 Å². The molecule has 0 aromatic heterocycles. The summed E-state index contributed by atoms with van der Waals surface area (Å²) in [6, 6.07) is 31.2. The van der Waals surface area contributed by atoms with E-state index in [4.69, 9.17) is 9.47 Å². The van der Waals surface area contributed by atoms with Gasteiger partial charge in [-0.2, -0.15) is 0 Å². The highest BCUT2D eigenvalue weighted by atomic mass is 16.5. The van der Waals surface area contributed by atoms with Crippen LogP contribution in [0.1, 0.15) is 72.0 Å². The lowest BCUT2D eigenvalue weighted by atomic mass is 9.78. The third-order valence-electron chi connectivity index (χ3n) is 8.51. The highest BCUT2D eigenvalue weighted by Crippen LogP contribution is 2.36. The van der Waals surface area contributed by atoms with Crippen molar-refractivity contribution in [3.63, 3.8) is 0 Å². The van der Waals surface area contributed by atoms with Crippen LogP contribution in [-0.4, -0.2) is 35.9 Å². The van der Waals surface area contributed by atoms with Crippen LogP contribution >= 0.6 is 0 Å². The van der Waals surface area contributed by atoms with E-state index in [1.807, 2.05) is 48.5 Å². The van der Waals surface area contributed by atoms with Gasteiger partial charge in [0, 0.05) is 11.1 Å². The predicted octanol–water partition coefficient (Wildman–Crippen LogP) is 7.87. The zero-order chi connectivity index (χ0) is 34.2. The molecule has 9 nitrogen and oxygen atoms in total. The van der Waals surface area contributed by atoms with Gasteiger partial charge in [-0.1, -0.05) is 49.7 Å². The fraction of sp³-hybridized carbons (Fsp3) is 0.128. The molecule has 5 aromatic rings. The molecule has 1 heterocycles. The van der Waals surface area contributed by atoms with E-state index in [0.717, 1.165) is 27.3 Å². The molecule has 0 fully saturated rings. The molecule has 3 amide bonds. The van der Waals surface area contributed by atoms with Crippen LogP contribution in [0.3, 0.4) is 0 Å². The van der Waals surface area contributed by atoms with E-state index in [1.165, 1.54) is 24.3 Å². The minimum Gasteiger partial charge on any atom is -0.497 e. The third-order valence-corrected chi connectivity index (χ3v) is 8.51. The normalized spacial score (nSPS) is 12.5. The SMILES string of the molecule is COc1ccc(C(C)(C)c2ccc(Oc3ccc4c(c3)C(=O)N(c3ccc(NC(=O)c5cc(C)ccc5C(=O)O)cc3)C4=O)cc2)cc1. The number of anilines is 2. The number of imide groups is 1. The molecule has 2 N–H and O–H groups in total. The second kappa shape index (κ2) is 12.5. The number of hydrogen-bond donors (Lipinski definition) is 2. The van der Waals surface area contributed by atoms with E-state index in [-0.39, 0.29) is 27.7 Å². The Morgan fingerprint density at radius 2 is 1.27 bits per heavy atom. The highest BCUT2D eigenvalue weighted by Gasteiger charge is 2.37. The zero-order valence-electron chi connectivity index (χ0n) is 26.7. The maximum atomic E-state index is 13.4. The number of carboxylic acid groups (broad SMARTS) is 1. The second-order valence-electron chi connectivity index (χ2n) is 12.0. The van der Waals surface area contributed by atoms with Gasteiger partial charge in [-0.15, -0.1) is 0 Å². The molecule has 0 aliphatic carbocycles. The van der Waals surface area contributed by atoms with Gasteiger partial charge in [-0.25, -0.2) is 9.69 Å². The van der Waals surface area contributed by atoms with Gasteiger partial charge in [0.2, 0.25) is 0 Å². The first-order chi connectivity index (χ1) is 23.0. The van der Waals surface area contributed by atoms with E-state index >= 15 is 0 Å². The first-order valence-corrected chi connectivity index (χ1v) is 15.2. The maximum Gasteiger partial charge on any atom is 0.336 e. The fourth-order valence-electron chi connectivity index (χ4n) is 5.69. The number of hydrogen-bond acceptors (Lipinski definition) is 6. The highest BCUT2D eigenvalue weighted by molar-refractivity contribution is 6.34.